The standard InChI is InChI=1S/C27H35F2N5O3S/c1-14-5-4-10-34(14)26(36)21-22(38-25(33-21)24(35)31-13-27(2,3)37)18-12-30-19(11-17(18)23(28)29)32-20(15-6-7-15)16-8-9-16/h11-12,14-16,20,23,37H,4-10,13H2,1-3H3,(H,30,32)(H,31,35). The van der Waals surface area contributed by atoms with Crippen LogP contribution >= 0.6 is 11.3 Å². The molecule has 38 heavy (non-hydrogen) atoms. The van der Waals surface area contributed by atoms with Crippen LogP contribution in [-0.4, -0.2) is 62.6 Å². The van der Waals surface area contributed by atoms with Gasteiger partial charge in [0.2, 0.25) is 0 Å². The quantitative estimate of drug-likeness (QED) is 0.392. The van der Waals surface area contributed by atoms with E-state index in [9.17, 15) is 23.5 Å². The highest BCUT2D eigenvalue weighted by atomic mass is 32.1. The Kier molecular flexibility index (Phi) is 7.43. The van der Waals surface area contributed by atoms with Crippen LogP contribution in [0.3, 0.4) is 0 Å². The third-order valence-electron chi connectivity index (χ3n) is 7.51. The number of carbonyl (C=O) groups excluding carboxylic acids is 2. The molecule has 2 aliphatic carbocycles. The van der Waals surface area contributed by atoms with E-state index in [0.29, 0.717) is 24.2 Å². The van der Waals surface area contributed by atoms with E-state index in [4.69, 9.17) is 0 Å². The average molecular weight is 548 g/mol. The van der Waals surface area contributed by atoms with Crippen molar-refractivity contribution in [1.82, 2.24) is 20.2 Å². The van der Waals surface area contributed by atoms with Crippen molar-refractivity contribution in [3.8, 4) is 10.4 Å². The Labute approximate surface area is 225 Å². The van der Waals surface area contributed by atoms with Crippen LogP contribution < -0.4 is 10.6 Å². The number of alkyl halides is 2. The molecule has 2 saturated carbocycles. The van der Waals surface area contributed by atoms with Gasteiger partial charge in [0.15, 0.2) is 5.01 Å². The highest BCUT2D eigenvalue weighted by Crippen LogP contribution is 2.46. The number of nitrogens with one attached hydrogen (secondary N) is 2. The molecule has 0 spiro atoms. The minimum absolute atomic E-state index is 0.00873. The third kappa shape index (κ3) is 5.98. The van der Waals surface area contributed by atoms with Gasteiger partial charge in [0.1, 0.15) is 11.5 Å². The lowest BCUT2D eigenvalue weighted by Gasteiger charge is -2.21. The highest BCUT2D eigenvalue weighted by Gasteiger charge is 2.42. The first-order valence-electron chi connectivity index (χ1n) is 13.4. The maximum atomic E-state index is 14.4. The second-order valence-corrected chi connectivity index (χ2v) is 12.5. The van der Waals surface area contributed by atoms with Crippen molar-refractivity contribution in [3.63, 3.8) is 0 Å². The summed E-state index contributed by atoms with van der Waals surface area (Å²) in [4.78, 5) is 37.1. The van der Waals surface area contributed by atoms with Crippen molar-refractivity contribution < 1.29 is 23.5 Å². The molecule has 1 unspecified atom stereocenters. The lowest BCUT2D eigenvalue weighted by Crippen LogP contribution is -2.38. The van der Waals surface area contributed by atoms with Gasteiger partial charge in [-0.25, -0.2) is 18.7 Å². The normalized spacial score (nSPS) is 19.9. The van der Waals surface area contributed by atoms with E-state index in [0.717, 1.165) is 49.9 Å². The summed E-state index contributed by atoms with van der Waals surface area (Å²) in [5, 5.41) is 16.0. The van der Waals surface area contributed by atoms with Gasteiger partial charge >= 0.3 is 0 Å². The molecule has 0 bridgehead atoms. The minimum atomic E-state index is -2.81. The van der Waals surface area contributed by atoms with Gasteiger partial charge in [-0.3, -0.25) is 9.59 Å². The summed E-state index contributed by atoms with van der Waals surface area (Å²) < 4.78 is 28.8. The Morgan fingerprint density at radius 1 is 1.21 bits per heavy atom. The zero-order valence-corrected chi connectivity index (χ0v) is 22.8. The van der Waals surface area contributed by atoms with Crippen LogP contribution in [0, 0.1) is 11.8 Å². The van der Waals surface area contributed by atoms with E-state index in [1.54, 1.807) is 18.7 Å². The first kappa shape index (κ1) is 26.9. The number of thiazole rings is 1. The molecule has 2 aromatic heterocycles. The summed E-state index contributed by atoms with van der Waals surface area (Å²) in [5.41, 5.74) is -1.30. The van der Waals surface area contributed by atoms with Crippen LogP contribution in [0.15, 0.2) is 12.3 Å². The van der Waals surface area contributed by atoms with Gasteiger partial charge in [0.05, 0.1) is 10.5 Å². The zero-order chi connectivity index (χ0) is 27.2. The number of halogens is 2. The molecular formula is C27H35F2N5O3S. The topological polar surface area (TPSA) is 107 Å². The molecule has 2 amide bonds. The zero-order valence-electron chi connectivity index (χ0n) is 22.0. The molecule has 1 aliphatic heterocycles. The molecule has 3 N–H and O–H groups in total. The van der Waals surface area contributed by atoms with Crippen LogP contribution in [0.25, 0.3) is 10.4 Å². The van der Waals surface area contributed by atoms with Crippen molar-refractivity contribution in [2.45, 2.75) is 83.4 Å². The first-order chi connectivity index (χ1) is 18.0. The molecule has 206 valence electrons. The van der Waals surface area contributed by atoms with Gasteiger partial charge in [-0.15, -0.1) is 11.3 Å². The fraction of sp³-hybridized carbons (Fsp3) is 0.630. The number of amides is 2. The number of aromatic nitrogens is 2. The lowest BCUT2D eigenvalue weighted by molar-refractivity contribution is 0.0692. The van der Waals surface area contributed by atoms with Crippen LogP contribution in [0.4, 0.5) is 14.6 Å². The summed E-state index contributed by atoms with van der Waals surface area (Å²) in [6.07, 6.45) is 4.84. The number of anilines is 1. The molecule has 0 radical (unpaired) electrons. The summed E-state index contributed by atoms with van der Waals surface area (Å²) in [6, 6.07) is 1.62. The Hall–Kier alpha value is -2.66. The van der Waals surface area contributed by atoms with Crippen LogP contribution in [-0.2, 0) is 0 Å². The fourth-order valence-corrected chi connectivity index (χ4v) is 6.12. The molecule has 1 saturated heterocycles. The molecule has 2 aromatic rings. The number of nitrogens with zero attached hydrogens (tertiary/aromatic N) is 3. The van der Waals surface area contributed by atoms with Crippen molar-refractivity contribution in [2.75, 3.05) is 18.4 Å². The highest BCUT2D eigenvalue weighted by molar-refractivity contribution is 7.17. The predicted octanol–water partition coefficient (Wildman–Crippen LogP) is 4.87. The van der Waals surface area contributed by atoms with Gasteiger partial charge in [-0.1, -0.05) is 0 Å². The summed E-state index contributed by atoms with van der Waals surface area (Å²) in [7, 11) is 0. The molecule has 1 atom stereocenters. The molecule has 8 nitrogen and oxygen atoms in total. The van der Waals surface area contributed by atoms with Gasteiger partial charge in [0.25, 0.3) is 18.2 Å². The number of rotatable bonds is 10. The number of carbonyl (C=O) groups is 2. The first-order valence-corrected chi connectivity index (χ1v) is 14.2. The Balaban J connectivity index is 1.50. The average Bonchev–Trinajstić information content (AvgIpc) is 3.80. The van der Waals surface area contributed by atoms with Crippen LogP contribution in [0.5, 0.6) is 0 Å². The molecule has 3 fully saturated rings. The molecular weight excluding hydrogens is 512 g/mol. The van der Waals surface area contributed by atoms with E-state index in [2.05, 4.69) is 20.6 Å². The monoisotopic (exact) mass is 547 g/mol. The van der Waals surface area contributed by atoms with E-state index < -0.39 is 17.9 Å². The van der Waals surface area contributed by atoms with E-state index in [1.165, 1.54) is 12.3 Å². The van der Waals surface area contributed by atoms with Gasteiger partial charge in [0, 0.05) is 42.5 Å². The van der Waals surface area contributed by atoms with Crippen molar-refractivity contribution in [3.05, 3.63) is 28.5 Å². The second kappa shape index (κ2) is 10.5. The largest absolute Gasteiger partial charge is 0.389 e. The van der Waals surface area contributed by atoms with Gasteiger partial charge < -0.3 is 20.6 Å². The summed E-state index contributed by atoms with van der Waals surface area (Å²) in [5.74, 6) is 0.581. The maximum Gasteiger partial charge on any atom is 0.280 e. The predicted molar refractivity (Wildman–Crippen MR) is 142 cm³/mol. The lowest BCUT2D eigenvalue weighted by atomic mass is 10.1. The molecule has 3 heterocycles. The van der Waals surface area contributed by atoms with Crippen LogP contribution in [0.2, 0.25) is 0 Å². The Morgan fingerprint density at radius 3 is 2.45 bits per heavy atom. The fourth-order valence-electron chi connectivity index (χ4n) is 5.11. The smallest absolute Gasteiger partial charge is 0.280 e. The molecule has 11 heteroatoms. The van der Waals surface area contributed by atoms with E-state index in [-0.39, 0.29) is 51.2 Å². The third-order valence-corrected chi connectivity index (χ3v) is 8.60. The number of aliphatic hydroxyl groups is 1. The number of hydrogen-bond acceptors (Lipinski definition) is 7. The summed E-state index contributed by atoms with van der Waals surface area (Å²) >= 11 is 0.895. The van der Waals surface area contributed by atoms with Gasteiger partial charge in [-0.2, -0.15) is 0 Å². The Bertz CT molecular complexity index is 1190. The van der Waals surface area contributed by atoms with E-state index >= 15 is 0 Å². The second-order valence-electron chi connectivity index (χ2n) is 11.5. The van der Waals surface area contributed by atoms with Crippen molar-refractivity contribution in [1.29, 1.82) is 0 Å². The minimum Gasteiger partial charge on any atom is -0.389 e. The Morgan fingerprint density at radius 2 is 1.89 bits per heavy atom. The van der Waals surface area contributed by atoms with Crippen LogP contribution in [0.1, 0.15) is 91.6 Å². The molecule has 0 aromatic carbocycles. The number of hydrogen-bond donors (Lipinski definition) is 3. The SMILES string of the molecule is CC1CCCN1C(=O)c1nc(C(=O)NCC(C)(C)O)sc1-c1cnc(NC(C2CC2)C2CC2)cc1C(F)F. The number of likely N-dealkylation sites (tertiary alicyclic amines) is 1. The van der Waals surface area contributed by atoms with Crippen molar-refractivity contribution in [2.24, 2.45) is 11.8 Å². The van der Waals surface area contributed by atoms with Crippen molar-refractivity contribution >= 4 is 29.0 Å². The molecule has 3 aliphatic rings. The van der Waals surface area contributed by atoms with E-state index in [1.807, 2.05) is 6.92 Å². The summed E-state index contributed by atoms with van der Waals surface area (Å²) in [6.45, 7) is 5.57. The molecule has 5 rings (SSSR count). The number of pyridine rings is 1. The van der Waals surface area contributed by atoms with Gasteiger partial charge in [-0.05, 0) is 77.2 Å². The maximum absolute atomic E-state index is 14.4.